The molecule has 2 fully saturated rings. The van der Waals surface area contributed by atoms with E-state index in [-0.39, 0.29) is 37.6 Å². The molecule has 2 aliphatic heterocycles. The number of fused-ring (bicyclic) bond motifs is 1. The lowest BCUT2D eigenvalue weighted by atomic mass is 9.88. The summed E-state index contributed by atoms with van der Waals surface area (Å²) in [6.45, 7) is 11.4. The zero-order valence-electron chi connectivity index (χ0n) is 38.3. The quantitative estimate of drug-likeness (QED) is 0.233. The third-order valence-electron chi connectivity index (χ3n) is 12.0. The van der Waals surface area contributed by atoms with E-state index in [2.05, 4.69) is 20.9 Å². The third-order valence-corrected chi connectivity index (χ3v) is 12.0. The number of amides is 7. The molecule has 19 heteroatoms. The van der Waals surface area contributed by atoms with Gasteiger partial charge in [0.25, 0.3) is 5.91 Å². The third kappa shape index (κ3) is 11.9. The monoisotopic (exact) mass is 892 g/mol. The normalized spacial score (nSPS) is 26.8. The zero-order valence-corrected chi connectivity index (χ0v) is 38.3. The van der Waals surface area contributed by atoms with Gasteiger partial charge < -0.3 is 50.5 Å². The minimum atomic E-state index is -1.74. The number of esters is 1. The lowest BCUT2D eigenvalue weighted by Crippen LogP contribution is -2.60. The van der Waals surface area contributed by atoms with Gasteiger partial charge in [-0.25, -0.2) is 9.78 Å². The summed E-state index contributed by atoms with van der Waals surface area (Å²) in [6, 6.07) is 2.70. The predicted molar refractivity (Wildman–Crippen MR) is 233 cm³/mol. The van der Waals surface area contributed by atoms with Gasteiger partial charge >= 0.3 is 5.97 Å². The highest BCUT2D eigenvalue weighted by atomic mass is 16.5. The van der Waals surface area contributed by atoms with Crippen LogP contribution >= 0.6 is 0 Å². The molecule has 64 heavy (non-hydrogen) atoms. The molecule has 3 heterocycles. The summed E-state index contributed by atoms with van der Waals surface area (Å²) >= 11 is 0. The molecular formula is C45H64N8O11. The van der Waals surface area contributed by atoms with E-state index < -0.39 is 120 Å². The fourth-order valence-corrected chi connectivity index (χ4v) is 7.99. The van der Waals surface area contributed by atoms with Gasteiger partial charge in [-0.15, -0.1) is 0 Å². The highest BCUT2D eigenvalue weighted by molar-refractivity contribution is 6.00. The second kappa shape index (κ2) is 22.0. The van der Waals surface area contributed by atoms with Gasteiger partial charge in [0.2, 0.25) is 35.4 Å². The highest BCUT2D eigenvalue weighted by Crippen LogP contribution is 2.27. The minimum Gasteiger partial charge on any atom is -0.505 e. The Kier molecular flexibility index (Phi) is 17.4. The number of pyridine rings is 1. The van der Waals surface area contributed by atoms with Crippen molar-refractivity contribution in [2.75, 3.05) is 34.2 Å². The average molecular weight is 893 g/mol. The summed E-state index contributed by atoms with van der Waals surface area (Å²) in [5, 5.41) is 29.2. The maximum absolute atomic E-state index is 14.5. The number of hydrogen-bond acceptors (Lipinski definition) is 12. The molecule has 350 valence electrons. The molecule has 0 radical (unpaired) electrons. The summed E-state index contributed by atoms with van der Waals surface area (Å²) in [6.07, 6.45) is -1.44. The number of ether oxygens (including phenoxy) is 1. The van der Waals surface area contributed by atoms with Gasteiger partial charge in [0, 0.05) is 40.3 Å². The number of aliphatic hydroxyl groups excluding tert-OH is 1. The Bertz CT molecular complexity index is 2030. The number of nitrogens with zero attached hydrogens (tertiary/aromatic N) is 5. The molecular weight excluding hydrogens is 829 g/mol. The molecule has 7 amide bonds. The molecule has 4 rings (SSSR count). The Morgan fingerprint density at radius 3 is 2.11 bits per heavy atom. The van der Waals surface area contributed by atoms with Crippen molar-refractivity contribution in [2.24, 2.45) is 17.8 Å². The molecule has 9 atom stereocenters. The van der Waals surface area contributed by atoms with Crippen molar-refractivity contribution < 1.29 is 53.3 Å². The Hall–Kier alpha value is -6.11. The number of aromatic hydroxyl groups is 1. The van der Waals surface area contributed by atoms with Gasteiger partial charge in [-0.3, -0.25) is 33.6 Å². The van der Waals surface area contributed by atoms with Crippen molar-refractivity contribution in [3.05, 3.63) is 59.9 Å². The number of aliphatic hydroxyl groups is 1. The molecule has 5 N–H and O–H groups in total. The van der Waals surface area contributed by atoms with Crippen LogP contribution in [0.25, 0.3) is 0 Å². The Morgan fingerprint density at radius 1 is 0.875 bits per heavy atom. The van der Waals surface area contributed by atoms with Crippen molar-refractivity contribution in [3.8, 4) is 5.75 Å². The van der Waals surface area contributed by atoms with Crippen LogP contribution in [0, 0.1) is 17.8 Å². The molecule has 1 aromatic carbocycles. The fourth-order valence-electron chi connectivity index (χ4n) is 7.99. The summed E-state index contributed by atoms with van der Waals surface area (Å²) < 4.78 is 5.94. The minimum absolute atomic E-state index is 0.0339. The first kappa shape index (κ1) is 50.5. The van der Waals surface area contributed by atoms with Crippen molar-refractivity contribution in [1.29, 1.82) is 0 Å². The first-order valence-electron chi connectivity index (χ1n) is 21.7. The number of aromatic nitrogens is 1. The van der Waals surface area contributed by atoms with Crippen LogP contribution in [0.5, 0.6) is 5.75 Å². The van der Waals surface area contributed by atoms with Crippen molar-refractivity contribution >= 4 is 47.3 Å². The van der Waals surface area contributed by atoms with Gasteiger partial charge in [0.05, 0.1) is 12.6 Å². The number of carbonyl (C=O) groups excluding carboxylic acids is 8. The van der Waals surface area contributed by atoms with E-state index in [4.69, 9.17) is 4.74 Å². The molecule has 2 aromatic rings. The van der Waals surface area contributed by atoms with Crippen LogP contribution in [0.3, 0.4) is 0 Å². The highest BCUT2D eigenvalue weighted by Gasteiger charge is 2.45. The SMILES string of the molecule is CC[C@@H]1NC(=O)[C@H](C(C)C(C)C)N(C)C(=O)CN(C)C(=O)[C@H]2C[C@@H](O)CN2C(=O)[C@@H](CC(C)C)NC(=O)[C@@H](NC(=O)c2ncccc2O)[C@@H](C)OC(=O)[C@H](c2ccccc2)N(C)C1=O. The maximum Gasteiger partial charge on any atom is 0.333 e. The molecule has 0 aliphatic carbocycles. The Morgan fingerprint density at radius 2 is 1.52 bits per heavy atom. The molecule has 1 unspecified atom stereocenters. The lowest BCUT2D eigenvalue weighted by molar-refractivity contribution is -0.161. The second-order valence-corrected chi connectivity index (χ2v) is 17.5. The topological polar surface area (TPSA) is 248 Å². The fraction of sp³-hybridized carbons (Fsp3) is 0.578. The van der Waals surface area contributed by atoms with Gasteiger partial charge in [-0.1, -0.05) is 71.9 Å². The van der Waals surface area contributed by atoms with E-state index in [9.17, 15) is 48.6 Å². The number of rotatable bonds is 8. The van der Waals surface area contributed by atoms with Crippen LogP contribution in [0.4, 0.5) is 0 Å². The van der Waals surface area contributed by atoms with Crippen LogP contribution in [0.15, 0.2) is 48.7 Å². The predicted octanol–water partition coefficient (Wildman–Crippen LogP) is 0.996. The van der Waals surface area contributed by atoms with Gasteiger partial charge in [0.15, 0.2) is 11.7 Å². The Balaban J connectivity index is 1.88. The van der Waals surface area contributed by atoms with E-state index in [0.717, 1.165) is 14.7 Å². The van der Waals surface area contributed by atoms with Crippen LogP contribution in [-0.2, 0) is 38.3 Å². The lowest BCUT2D eigenvalue weighted by Gasteiger charge is -2.37. The first-order chi connectivity index (χ1) is 30.1. The summed E-state index contributed by atoms with van der Waals surface area (Å²) in [5.74, 6) is -7.67. The maximum atomic E-state index is 14.5. The number of likely N-dealkylation sites (N-methyl/N-ethyl adjacent to an activating group) is 3. The Labute approximate surface area is 374 Å². The van der Waals surface area contributed by atoms with Crippen LogP contribution in [0.2, 0.25) is 0 Å². The van der Waals surface area contributed by atoms with Gasteiger partial charge in [0.1, 0.15) is 42.1 Å². The van der Waals surface area contributed by atoms with Crippen molar-refractivity contribution in [3.63, 3.8) is 0 Å². The van der Waals surface area contributed by atoms with Gasteiger partial charge in [-0.2, -0.15) is 0 Å². The summed E-state index contributed by atoms with van der Waals surface area (Å²) in [7, 11) is 4.16. The van der Waals surface area contributed by atoms with Crippen LogP contribution in [-0.4, -0.2) is 159 Å². The zero-order chi connectivity index (χ0) is 47.7. The molecule has 2 aliphatic rings. The van der Waals surface area contributed by atoms with E-state index in [1.54, 1.807) is 58.0 Å². The van der Waals surface area contributed by atoms with Crippen LogP contribution < -0.4 is 16.0 Å². The van der Waals surface area contributed by atoms with E-state index in [0.29, 0.717) is 5.56 Å². The van der Waals surface area contributed by atoms with E-state index in [1.807, 2.05) is 13.8 Å². The largest absolute Gasteiger partial charge is 0.505 e. The molecule has 0 spiro atoms. The smallest absolute Gasteiger partial charge is 0.333 e. The average Bonchev–Trinajstić information content (AvgIpc) is 3.64. The second-order valence-electron chi connectivity index (χ2n) is 17.5. The molecule has 0 bridgehead atoms. The number of nitrogens with one attached hydrogen (secondary N) is 3. The number of carbonyl (C=O) groups is 8. The van der Waals surface area contributed by atoms with Gasteiger partial charge in [-0.05, 0) is 55.2 Å². The van der Waals surface area contributed by atoms with E-state index in [1.165, 1.54) is 51.3 Å². The summed E-state index contributed by atoms with van der Waals surface area (Å²) in [5.41, 5.74) is -0.136. The first-order valence-corrected chi connectivity index (χ1v) is 21.7. The number of cyclic esters (lactones) is 1. The molecule has 1 aromatic heterocycles. The standard InChI is InChI=1S/C45H64N8O11/c1-11-30-42(60)52(10)38(28-16-13-12-14-17-28)45(63)64-27(7)35(49-40(58)36-33(55)18-15-19-46-36)39(57)48-31(20-24(2)3)43(61)53-22-29(54)21-32(53)44(62)50(8)23-34(56)51(9)37(41(59)47-30)26(6)25(4)5/h12-19,24-27,29-32,35,37-38,54-55H,11,20-23H2,1-10H3,(H,47,59)(H,48,57)(H,49,58)/t26?,27-,29-,30+,31-,32-,35+,37+,38+/m1/s1. The van der Waals surface area contributed by atoms with Crippen molar-refractivity contribution in [2.45, 2.75) is 116 Å². The molecule has 19 nitrogen and oxygen atoms in total. The molecule has 2 saturated heterocycles. The van der Waals surface area contributed by atoms with Crippen LogP contribution in [0.1, 0.15) is 89.8 Å². The summed E-state index contributed by atoms with van der Waals surface area (Å²) in [4.78, 5) is 122. The van der Waals surface area contributed by atoms with Crippen molar-refractivity contribution in [1.82, 2.24) is 40.5 Å². The number of benzene rings is 1. The number of hydrogen-bond donors (Lipinski definition) is 5. The van der Waals surface area contributed by atoms with E-state index >= 15 is 0 Å². The molecule has 0 saturated carbocycles.